The highest BCUT2D eigenvalue weighted by Gasteiger charge is 2.24. The van der Waals surface area contributed by atoms with Crippen LogP contribution in [0.4, 0.5) is 0 Å². The maximum absolute atomic E-state index is 12.3. The molecule has 0 unspecified atom stereocenters. The first-order valence-corrected chi connectivity index (χ1v) is 8.00. The molecule has 1 saturated heterocycles. The summed E-state index contributed by atoms with van der Waals surface area (Å²) in [7, 11) is 0. The highest BCUT2D eigenvalue weighted by molar-refractivity contribution is 5.92. The van der Waals surface area contributed by atoms with Gasteiger partial charge >= 0.3 is 5.56 Å². The number of nitrogens with zero attached hydrogens (tertiary/aromatic N) is 4. The number of ether oxygens (including phenoxy) is 2. The number of morpholine rings is 1. The molecule has 2 aromatic rings. The van der Waals surface area contributed by atoms with Crippen LogP contribution in [0.1, 0.15) is 23.0 Å². The Balaban J connectivity index is 1.72. The average molecular weight is 345 g/mol. The van der Waals surface area contributed by atoms with Gasteiger partial charge in [-0.2, -0.15) is 10.3 Å². The molecule has 9 heteroatoms. The topological polar surface area (TPSA) is 102 Å². The van der Waals surface area contributed by atoms with E-state index in [4.69, 9.17) is 9.47 Å². The van der Waals surface area contributed by atoms with Gasteiger partial charge in [0.2, 0.25) is 5.69 Å². The summed E-state index contributed by atoms with van der Waals surface area (Å²) in [6.45, 7) is 4.31. The number of carbonyl (C=O) groups is 1. The second kappa shape index (κ2) is 7.75. The van der Waals surface area contributed by atoms with E-state index in [0.29, 0.717) is 32.9 Å². The molecule has 1 aromatic carbocycles. The van der Waals surface area contributed by atoms with Crippen LogP contribution in [0, 0.1) is 0 Å². The molecule has 1 aromatic heterocycles. The van der Waals surface area contributed by atoms with Crippen molar-refractivity contribution in [3.05, 3.63) is 45.9 Å². The van der Waals surface area contributed by atoms with E-state index in [9.17, 15) is 9.59 Å². The summed E-state index contributed by atoms with van der Waals surface area (Å²) in [5, 5.41) is 10.3. The summed E-state index contributed by atoms with van der Waals surface area (Å²) in [6.07, 6.45) is 1.50. The van der Waals surface area contributed by atoms with Crippen molar-refractivity contribution >= 4 is 12.1 Å². The number of rotatable bonds is 5. The molecule has 2 heterocycles. The monoisotopic (exact) mass is 345 g/mol. The predicted octanol–water partition coefficient (Wildman–Crippen LogP) is 0.325. The number of carbonyl (C=O) groups excluding carboxylic acids is 1. The normalized spacial score (nSPS) is 14.8. The lowest BCUT2D eigenvalue weighted by atomic mass is 10.2. The van der Waals surface area contributed by atoms with Crippen LogP contribution in [-0.2, 0) is 4.74 Å². The number of benzene rings is 1. The van der Waals surface area contributed by atoms with E-state index in [0.717, 1.165) is 16.1 Å². The molecule has 1 fully saturated rings. The van der Waals surface area contributed by atoms with Crippen molar-refractivity contribution in [2.45, 2.75) is 6.92 Å². The van der Waals surface area contributed by atoms with Crippen molar-refractivity contribution in [2.75, 3.05) is 32.9 Å². The van der Waals surface area contributed by atoms with Crippen LogP contribution < -0.4 is 10.3 Å². The highest BCUT2D eigenvalue weighted by atomic mass is 16.5. The minimum absolute atomic E-state index is 0.175. The molecule has 0 radical (unpaired) electrons. The van der Waals surface area contributed by atoms with E-state index < -0.39 is 11.5 Å². The lowest BCUT2D eigenvalue weighted by Crippen LogP contribution is -2.42. The molecule has 1 N–H and O–H groups in total. The lowest BCUT2D eigenvalue weighted by molar-refractivity contribution is 0.0298. The molecule has 0 bridgehead atoms. The maximum Gasteiger partial charge on any atom is 0.320 e. The van der Waals surface area contributed by atoms with E-state index >= 15 is 0 Å². The Morgan fingerprint density at radius 1 is 1.36 bits per heavy atom. The molecule has 0 atom stereocenters. The number of hydrogen-bond donors (Lipinski definition) is 1. The molecule has 1 amide bonds. The van der Waals surface area contributed by atoms with Gasteiger partial charge in [-0.3, -0.25) is 9.59 Å². The summed E-state index contributed by atoms with van der Waals surface area (Å²) >= 11 is 0. The Hall–Kier alpha value is -2.94. The van der Waals surface area contributed by atoms with Gasteiger partial charge in [-0.1, -0.05) is 0 Å². The van der Waals surface area contributed by atoms with E-state index in [-0.39, 0.29) is 5.69 Å². The molecule has 1 aliphatic rings. The highest BCUT2D eigenvalue weighted by Crippen LogP contribution is 2.10. The first kappa shape index (κ1) is 16.9. The Morgan fingerprint density at radius 3 is 2.76 bits per heavy atom. The van der Waals surface area contributed by atoms with Gasteiger partial charge in [0.25, 0.3) is 5.91 Å². The van der Waals surface area contributed by atoms with Crippen molar-refractivity contribution in [3.8, 4) is 5.75 Å². The SMILES string of the molecule is CCOc1ccc(C=Nn2[nH]nc(C(=O)N3CCOCC3)c2=O)cc1. The van der Waals surface area contributed by atoms with Crippen LogP contribution >= 0.6 is 0 Å². The van der Waals surface area contributed by atoms with Crippen LogP contribution in [0.3, 0.4) is 0 Å². The summed E-state index contributed by atoms with van der Waals surface area (Å²) < 4.78 is 10.6. The van der Waals surface area contributed by atoms with E-state index in [1.54, 1.807) is 4.90 Å². The third-order valence-electron chi connectivity index (χ3n) is 3.67. The summed E-state index contributed by atoms with van der Waals surface area (Å²) in [5.74, 6) is 0.344. The Labute approximate surface area is 143 Å². The van der Waals surface area contributed by atoms with E-state index in [2.05, 4.69) is 15.4 Å². The van der Waals surface area contributed by atoms with Gasteiger partial charge < -0.3 is 14.4 Å². The fourth-order valence-electron chi connectivity index (χ4n) is 2.37. The molecule has 132 valence electrons. The maximum atomic E-state index is 12.3. The third-order valence-corrected chi connectivity index (χ3v) is 3.67. The van der Waals surface area contributed by atoms with Gasteiger partial charge in [0.1, 0.15) is 5.75 Å². The van der Waals surface area contributed by atoms with Crippen LogP contribution in [-0.4, -0.2) is 65.0 Å². The van der Waals surface area contributed by atoms with Crippen LogP contribution in [0.25, 0.3) is 0 Å². The van der Waals surface area contributed by atoms with Crippen molar-refractivity contribution in [1.82, 2.24) is 20.0 Å². The summed E-state index contributed by atoms with van der Waals surface area (Å²) in [4.78, 5) is 27.1. The zero-order valence-corrected chi connectivity index (χ0v) is 13.8. The second-order valence-electron chi connectivity index (χ2n) is 5.33. The molecule has 0 spiro atoms. The minimum Gasteiger partial charge on any atom is -0.494 e. The first-order chi connectivity index (χ1) is 12.2. The van der Waals surface area contributed by atoms with E-state index in [1.807, 2.05) is 31.2 Å². The largest absolute Gasteiger partial charge is 0.494 e. The summed E-state index contributed by atoms with van der Waals surface area (Å²) in [5.41, 5.74) is 0.0235. The number of H-pyrrole nitrogens is 1. The van der Waals surface area contributed by atoms with Gasteiger partial charge in [0.15, 0.2) is 0 Å². The van der Waals surface area contributed by atoms with Crippen molar-refractivity contribution < 1.29 is 14.3 Å². The fraction of sp³-hybridized carbons (Fsp3) is 0.375. The van der Waals surface area contributed by atoms with Crippen molar-refractivity contribution in [1.29, 1.82) is 0 Å². The fourth-order valence-corrected chi connectivity index (χ4v) is 2.37. The van der Waals surface area contributed by atoms with Crippen molar-refractivity contribution in [3.63, 3.8) is 0 Å². The van der Waals surface area contributed by atoms with Gasteiger partial charge in [-0.05, 0) is 36.8 Å². The standard InChI is InChI=1S/C16H19N5O4/c1-2-25-13-5-3-12(4-6-13)11-17-21-16(23)14(18-19-21)15(22)20-7-9-24-10-8-20/h3-6,11,19H,2,7-10H2,1H3. The lowest BCUT2D eigenvalue weighted by Gasteiger charge is -2.25. The van der Waals surface area contributed by atoms with Gasteiger partial charge in [-0.25, -0.2) is 0 Å². The first-order valence-electron chi connectivity index (χ1n) is 8.00. The second-order valence-corrected chi connectivity index (χ2v) is 5.33. The molecule has 3 rings (SSSR count). The zero-order chi connectivity index (χ0) is 17.6. The Bertz CT molecular complexity index is 803. The number of aromatic nitrogens is 3. The summed E-state index contributed by atoms with van der Waals surface area (Å²) in [6, 6.07) is 7.26. The minimum atomic E-state index is -0.585. The molecule has 0 saturated carbocycles. The zero-order valence-electron chi connectivity index (χ0n) is 13.8. The number of amides is 1. The van der Waals surface area contributed by atoms with Crippen LogP contribution in [0.5, 0.6) is 5.75 Å². The molecular weight excluding hydrogens is 326 g/mol. The number of hydrogen-bond acceptors (Lipinski definition) is 6. The van der Waals surface area contributed by atoms with Crippen LogP contribution in [0.15, 0.2) is 34.2 Å². The predicted molar refractivity (Wildman–Crippen MR) is 90.2 cm³/mol. The Morgan fingerprint density at radius 2 is 2.08 bits per heavy atom. The quantitative estimate of drug-likeness (QED) is 0.787. The van der Waals surface area contributed by atoms with Gasteiger partial charge in [0, 0.05) is 13.1 Å². The van der Waals surface area contributed by atoms with Gasteiger partial charge in [-0.15, -0.1) is 9.89 Å². The van der Waals surface area contributed by atoms with Crippen molar-refractivity contribution in [2.24, 2.45) is 5.10 Å². The van der Waals surface area contributed by atoms with E-state index in [1.165, 1.54) is 6.21 Å². The third kappa shape index (κ3) is 3.94. The number of nitrogens with one attached hydrogen (secondary N) is 1. The molecular formula is C16H19N5O4. The molecule has 0 aliphatic carbocycles. The molecule has 1 aliphatic heterocycles. The number of aromatic amines is 1. The van der Waals surface area contributed by atoms with Gasteiger partial charge in [0.05, 0.1) is 26.0 Å². The average Bonchev–Trinajstić information content (AvgIpc) is 3.02. The smallest absolute Gasteiger partial charge is 0.320 e. The molecule has 9 nitrogen and oxygen atoms in total. The molecule has 25 heavy (non-hydrogen) atoms. The Kier molecular flexibility index (Phi) is 5.24. The van der Waals surface area contributed by atoms with Crippen LogP contribution in [0.2, 0.25) is 0 Å².